The number of hydrazine groups is 1. The molecule has 3 N–H and O–H groups in total. The first-order valence-corrected chi connectivity index (χ1v) is 4.70. The van der Waals surface area contributed by atoms with Crippen LogP contribution in [0.5, 0.6) is 0 Å². The molecule has 0 bridgehead atoms. The van der Waals surface area contributed by atoms with Crippen molar-refractivity contribution < 1.29 is 0 Å². The van der Waals surface area contributed by atoms with Crippen LogP contribution in [0.2, 0.25) is 0 Å². The normalized spacial score (nSPS) is 20.8. The summed E-state index contributed by atoms with van der Waals surface area (Å²) in [5.74, 6) is 5.35. The van der Waals surface area contributed by atoms with Gasteiger partial charge in [0.2, 0.25) is 0 Å². The van der Waals surface area contributed by atoms with Crippen molar-refractivity contribution in [3.63, 3.8) is 0 Å². The van der Waals surface area contributed by atoms with E-state index in [-0.39, 0.29) is 0 Å². The Bertz CT molecular complexity index is 192. The number of allylic oxidation sites excluding steroid dienone is 3. The number of nitrogens with one attached hydrogen (secondary N) is 1. The number of hydrogen-bond donors (Lipinski definition) is 2. The molecular formula is C10H18N2. The van der Waals surface area contributed by atoms with Gasteiger partial charge in [0.05, 0.1) is 0 Å². The van der Waals surface area contributed by atoms with Crippen LogP contribution in [0.1, 0.15) is 39.0 Å². The number of unbranched alkanes of at least 4 members (excludes halogenated alkanes) is 1. The molecule has 0 aromatic rings. The molecule has 2 nitrogen and oxygen atoms in total. The third kappa shape index (κ3) is 2.70. The van der Waals surface area contributed by atoms with Gasteiger partial charge in [0.1, 0.15) is 0 Å². The Morgan fingerprint density at radius 3 is 3.17 bits per heavy atom. The summed E-state index contributed by atoms with van der Waals surface area (Å²) in [6, 6.07) is 0. The molecular weight excluding hydrogens is 148 g/mol. The van der Waals surface area contributed by atoms with Gasteiger partial charge in [-0.1, -0.05) is 31.1 Å². The van der Waals surface area contributed by atoms with Crippen LogP contribution >= 0.6 is 0 Å². The minimum Gasteiger partial charge on any atom is -0.328 e. The highest BCUT2D eigenvalue weighted by Crippen LogP contribution is 2.21. The van der Waals surface area contributed by atoms with E-state index in [9.17, 15) is 0 Å². The van der Waals surface area contributed by atoms with Crippen molar-refractivity contribution in [3.05, 3.63) is 23.4 Å². The maximum Gasteiger partial charge on any atom is 0.0260 e. The van der Waals surface area contributed by atoms with Crippen molar-refractivity contribution in [1.29, 1.82) is 0 Å². The summed E-state index contributed by atoms with van der Waals surface area (Å²) in [4.78, 5) is 0. The monoisotopic (exact) mass is 166 g/mol. The molecule has 0 spiro atoms. The second kappa shape index (κ2) is 4.99. The minimum absolute atomic E-state index is 1.02. The van der Waals surface area contributed by atoms with Crippen LogP contribution < -0.4 is 11.3 Å². The molecule has 0 unspecified atom stereocenters. The average molecular weight is 166 g/mol. The van der Waals surface area contributed by atoms with Crippen molar-refractivity contribution in [2.75, 3.05) is 0 Å². The molecule has 68 valence electrons. The molecule has 0 saturated carbocycles. The van der Waals surface area contributed by atoms with E-state index in [0.29, 0.717) is 0 Å². The summed E-state index contributed by atoms with van der Waals surface area (Å²) >= 11 is 0. The van der Waals surface area contributed by atoms with E-state index in [1.54, 1.807) is 0 Å². The van der Waals surface area contributed by atoms with Gasteiger partial charge in [-0.15, -0.1) is 0 Å². The summed E-state index contributed by atoms with van der Waals surface area (Å²) in [5.41, 5.74) is 5.44. The maximum absolute atomic E-state index is 5.35. The van der Waals surface area contributed by atoms with Crippen LogP contribution in [-0.4, -0.2) is 0 Å². The van der Waals surface area contributed by atoms with Gasteiger partial charge in [0, 0.05) is 12.1 Å². The first kappa shape index (κ1) is 9.33. The molecule has 0 aromatic carbocycles. The van der Waals surface area contributed by atoms with Crippen molar-refractivity contribution in [3.8, 4) is 0 Å². The van der Waals surface area contributed by atoms with E-state index in [4.69, 9.17) is 5.84 Å². The standard InChI is InChI=1S/C10H18N2/c1-2-3-5-9-6-4-7-10(8-9)12-11/h5,7,12H,2-4,6,8,11H2,1H3. The highest BCUT2D eigenvalue weighted by molar-refractivity contribution is 5.18. The Balaban J connectivity index is 2.45. The zero-order valence-electron chi connectivity index (χ0n) is 7.77. The molecule has 0 radical (unpaired) electrons. The summed E-state index contributed by atoms with van der Waals surface area (Å²) in [5, 5.41) is 0. The molecule has 0 heterocycles. The van der Waals surface area contributed by atoms with E-state index in [2.05, 4.69) is 24.5 Å². The Morgan fingerprint density at radius 2 is 2.50 bits per heavy atom. The molecule has 1 aliphatic carbocycles. The van der Waals surface area contributed by atoms with Gasteiger partial charge in [-0.05, 0) is 19.3 Å². The van der Waals surface area contributed by atoms with E-state index >= 15 is 0 Å². The lowest BCUT2D eigenvalue weighted by Gasteiger charge is -2.15. The van der Waals surface area contributed by atoms with Gasteiger partial charge in [-0.25, -0.2) is 0 Å². The summed E-state index contributed by atoms with van der Waals surface area (Å²) in [7, 11) is 0. The van der Waals surface area contributed by atoms with Crippen LogP contribution in [-0.2, 0) is 0 Å². The Kier molecular flexibility index (Phi) is 3.88. The van der Waals surface area contributed by atoms with Gasteiger partial charge in [-0.2, -0.15) is 0 Å². The first-order valence-electron chi connectivity index (χ1n) is 4.70. The maximum atomic E-state index is 5.35. The Hall–Kier alpha value is -0.760. The smallest absolute Gasteiger partial charge is 0.0260 e. The van der Waals surface area contributed by atoms with Gasteiger partial charge in [0.15, 0.2) is 0 Å². The lowest BCUT2D eigenvalue weighted by atomic mass is 9.97. The van der Waals surface area contributed by atoms with Gasteiger partial charge >= 0.3 is 0 Å². The number of hydrogen-bond acceptors (Lipinski definition) is 2. The molecule has 1 rings (SSSR count). The largest absolute Gasteiger partial charge is 0.328 e. The zero-order valence-corrected chi connectivity index (χ0v) is 7.77. The van der Waals surface area contributed by atoms with Crippen LogP contribution in [0.4, 0.5) is 0 Å². The fourth-order valence-electron chi connectivity index (χ4n) is 1.47. The van der Waals surface area contributed by atoms with Gasteiger partial charge in [0.25, 0.3) is 0 Å². The molecule has 12 heavy (non-hydrogen) atoms. The van der Waals surface area contributed by atoms with E-state index in [1.165, 1.54) is 30.5 Å². The van der Waals surface area contributed by atoms with Crippen LogP contribution in [0.25, 0.3) is 0 Å². The molecule has 0 aliphatic heterocycles. The Labute approximate surface area is 74.5 Å². The summed E-state index contributed by atoms with van der Waals surface area (Å²) in [6.45, 7) is 2.21. The second-order valence-electron chi connectivity index (χ2n) is 3.24. The van der Waals surface area contributed by atoms with E-state index < -0.39 is 0 Å². The van der Waals surface area contributed by atoms with Crippen LogP contribution in [0.3, 0.4) is 0 Å². The molecule has 0 fully saturated rings. The molecule has 0 saturated heterocycles. The predicted molar refractivity (Wildman–Crippen MR) is 52.2 cm³/mol. The molecule has 2 heteroatoms. The minimum atomic E-state index is 1.02. The molecule has 1 aliphatic rings. The number of rotatable bonds is 3. The van der Waals surface area contributed by atoms with Crippen molar-refractivity contribution in [1.82, 2.24) is 5.43 Å². The lowest BCUT2D eigenvalue weighted by molar-refractivity contribution is 0.753. The van der Waals surface area contributed by atoms with Gasteiger partial charge in [-0.3, -0.25) is 5.84 Å². The number of nitrogens with two attached hydrogens (primary N) is 1. The quantitative estimate of drug-likeness (QED) is 0.383. The van der Waals surface area contributed by atoms with E-state index in [0.717, 1.165) is 12.8 Å². The van der Waals surface area contributed by atoms with Crippen LogP contribution in [0, 0.1) is 0 Å². The predicted octanol–water partition coefficient (Wildman–Crippen LogP) is 2.24. The van der Waals surface area contributed by atoms with Gasteiger partial charge < -0.3 is 5.43 Å². The fourth-order valence-corrected chi connectivity index (χ4v) is 1.47. The second-order valence-corrected chi connectivity index (χ2v) is 3.24. The fraction of sp³-hybridized carbons (Fsp3) is 0.600. The average Bonchev–Trinajstić information content (AvgIpc) is 2.15. The van der Waals surface area contributed by atoms with E-state index in [1.807, 2.05) is 0 Å². The molecule has 0 atom stereocenters. The van der Waals surface area contributed by atoms with Crippen molar-refractivity contribution >= 4 is 0 Å². The first-order chi connectivity index (χ1) is 5.86. The van der Waals surface area contributed by atoms with Crippen molar-refractivity contribution in [2.24, 2.45) is 5.84 Å². The topological polar surface area (TPSA) is 38.0 Å². The summed E-state index contributed by atoms with van der Waals surface area (Å²) < 4.78 is 0. The molecule has 0 aromatic heterocycles. The molecule has 0 amide bonds. The highest BCUT2D eigenvalue weighted by atomic mass is 15.2. The SMILES string of the molecule is CCCC=C1CCC=C(NN)C1. The lowest BCUT2D eigenvalue weighted by Crippen LogP contribution is -2.22. The van der Waals surface area contributed by atoms with Crippen molar-refractivity contribution in [2.45, 2.75) is 39.0 Å². The third-order valence-corrected chi connectivity index (χ3v) is 2.18. The van der Waals surface area contributed by atoms with Crippen LogP contribution in [0.15, 0.2) is 23.4 Å². The third-order valence-electron chi connectivity index (χ3n) is 2.18. The summed E-state index contributed by atoms with van der Waals surface area (Å²) in [6.07, 6.45) is 10.3. The Morgan fingerprint density at radius 1 is 1.67 bits per heavy atom. The highest BCUT2D eigenvalue weighted by Gasteiger charge is 2.05. The zero-order chi connectivity index (χ0) is 8.81.